The summed E-state index contributed by atoms with van der Waals surface area (Å²) < 4.78 is 32.3. The maximum absolute atomic E-state index is 11.9. The summed E-state index contributed by atoms with van der Waals surface area (Å²) in [6.07, 6.45) is 18.0. The highest BCUT2D eigenvalue weighted by Gasteiger charge is 2.64. The minimum Gasteiger partial charge on any atom is -0.496 e. The highest BCUT2D eigenvalue weighted by Crippen LogP contribution is 2.63. The first-order chi connectivity index (χ1) is 27.5. The minimum atomic E-state index is -1.01. The normalized spacial score (nSPS) is 29.1. The predicted molar refractivity (Wildman–Crippen MR) is 218 cm³/mol. The molecule has 1 unspecified atom stereocenters. The number of hydrogen-bond acceptors (Lipinski definition) is 11. The number of methoxy groups -OCH3 is 1. The second kappa shape index (κ2) is 19.4. The van der Waals surface area contributed by atoms with Gasteiger partial charge < -0.3 is 38.7 Å². The molecule has 2 aromatic rings. The van der Waals surface area contributed by atoms with Crippen LogP contribution in [0.3, 0.4) is 0 Å². The zero-order valence-corrected chi connectivity index (χ0v) is 33.6. The largest absolute Gasteiger partial charge is 0.496 e. The fraction of sp³-hybridized carbons (Fsp3) is 0.600. The number of aldehydes is 1. The van der Waals surface area contributed by atoms with Crippen LogP contribution < -0.4 is 14.2 Å². The third-order valence-electron chi connectivity index (χ3n) is 12.3. The van der Waals surface area contributed by atoms with E-state index in [1.165, 1.54) is 25.7 Å². The van der Waals surface area contributed by atoms with Crippen molar-refractivity contribution in [2.24, 2.45) is 22.9 Å². The Hall–Kier alpha value is -3.35. The Morgan fingerprint density at radius 1 is 0.982 bits per heavy atom. The van der Waals surface area contributed by atoms with Gasteiger partial charge in [-0.3, -0.25) is 4.79 Å². The van der Waals surface area contributed by atoms with Crippen LogP contribution in [0.15, 0.2) is 65.9 Å². The third-order valence-corrected chi connectivity index (χ3v) is 13.9. The molecule has 2 heterocycles. The fourth-order valence-electron chi connectivity index (χ4n) is 9.68. The van der Waals surface area contributed by atoms with Crippen molar-refractivity contribution in [3.63, 3.8) is 0 Å². The summed E-state index contributed by atoms with van der Waals surface area (Å²) in [7, 11) is 1.54. The van der Waals surface area contributed by atoms with Crippen molar-refractivity contribution in [2.45, 2.75) is 118 Å². The lowest BCUT2D eigenvalue weighted by Gasteiger charge is -2.58. The smallest absolute Gasteiger partial charge is 0.230 e. The van der Waals surface area contributed by atoms with Crippen molar-refractivity contribution in [1.82, 2.24) is 0 Å². The van der Waals surface area contributed by atoms with Gasteiger partial charge in [0.2, 0.25) is 12.1 Å². The molecule has 0 radical (unpaired) electrons. The van der Waals surface area contributed by atoms with E-state index in [9.17, 15) is 15.0 Å². The summed E-state index contributed by atoms with van der Waals surface area (Å²) in [4.78, 5) is 18.1. The highest BCUT2D eigenvalue weighted by atomic mass is 32.2. The number of benzene rings is 2. The molecule has 0 aromatic heterocycles. The van der Waals surface area contributed by atoms with Crippen molar-refractivity contribution in [2.75, 3.05) is 33.5 Å². The van der Waals surface area contributed by atoms with Gasteiger partial charge in [0.15, 0.2) is 6.29 Å². The molecule has 2 saturated carbocycles. The molecule has 0 bridgehead atoms. The van der Waals surface area contributed by atoms with Crippen LogP contribution >= 0.6 is 11.8 Å². The van der Waals surface area contributed by atoms with Gasteiger partial charge in [0.05, 0.1) is 42.8 Å². The van der Waals surface area contributed by atoms with Crippen LogP contribution in [-0.4, -0.2) is 78.3 Å². The van der Waals surface area contributed by atoms with Crippen molar-refractivity contribution in [3.8, 4) is 23.0 Å². The molecule has 11 heteroatoms. The van der Waals surface area contributed by atoms with E-state index >= 15 is 0 Å². The van der Waals surface area contributed by atoms with E-state index < -0.39 is 5.79 Å². The van der Waals surface area contributed by atoms with Crippen LogP contribution in [-0.2, 0) is 14.3 Å². The number of carbonyl (C=O) groups excluding carboxylic acids is 1. The lowest BCUT2D eigenvalue weighted by molar-refractivity contribution is -0.223. The van der Waals surface area contributed by atoms with E-state index in [2.05, 4.69) is 18.7 Å². The number of ether oxygens (including phenoxy) is 5. The number of thioether (sulfide) groups is 1. The quantitative estimate of drug-likeness (QED) is 0.0616. The van der Waals surface area contributed by atoms with Crippen LogP contribution in [0.2, 0.25) is 0 Å². The van der Waals surface area contributed by atoms with Gasteiger partial charge in [-0.2, -0.15) is 0 Å². The SMILES string of the molecule is C=CCO[C@@]12Oc3ccc(Oc4ccc(OC)c(C=O)c4)cc3[C@H]3[C@H](CCCCO)[C@@H](CCCCO)C=C(C(=NOC4CCCCO4)C[C@@H]1SC1CCCC1)[C@H]32. The molecule has 10 nitrogen and oxygen atoms in total. The van der Waals surface area contributed by atoms with E-state index in [-0.39, 0.29) is 48.4 Å². The molecule has 2 aromatic carbocycles. The van der Waals surface area contributed by atoms with Crippen LogP contribution in [0.4, 0.5) is 0 Å². The molecule has 2 N–H and O–H groups in total. The van der Waals surface area contributed by atoms with Crippen LogP contribution in [0.25, 0.3) is 0 Å². The Morgan fingerprint density at radius 2 is 1.75 bits per heavy atom. The first-order valence-electron chi connectivity index (χ1n) is 20.8. The summed E-state index contributed by atoms with van der Waals surface area (Å²) in [5.41, 5.74) is 3.49. The number of aliphatic hydroxyl groups is 2. The summed E-state index contributed by atoms with van der Waals surface area (Å²) in [6, 6.07) is 11.3. The molecule has 7 rings (SSSR count). The van der Waals surface area contributed by atoms with Crippen molar-refractivity contribution in [3.05, 3.63) is 71.8 Å². The maximum Gasteiger partial charge on any atom is 0.230 e. The zero-order valence-electron chi connectivity index (χ0n) is 32.8. The summed E-state index contributed by atoms with van der Waals surface area (Å²) in [5, 5.41) is 25.2. The van der Waals surface area contributed by atoms with E-state index in [4.69, 9.17) is 33.7 Å². The molecule has 1 saturated heterocycles. The van der Waals surface area contributed by atoms with E-state index in [1.54, 1.807) is 25.3 Å². The van der Waals surface area contributed by atoms with Gasteiger partial charge in [-0.1, -0.05) is 43.0 Å². The molecule has 2 aliphatic heterocycles. The molecule has 304 valence electrons. The van der Waals surface area contributed by atoms with Crippen LogP contribution in [0.5, 0.6) is 23.0 Å². The number of aliphatic hydroxyl groups excluding tert-OH is 2. The number of allylic oxidation sites excluding steroid dienone is 1. The third kappa shape index (κ3) is 8.87. The molecule has 7 atom stereocenters. The molecular weight excluding hydrogens is 731 g/mol. The molecule has 0 amide bonds. The number of oxime groups is 1. The Balaban J connectivity index is 1.38. The van der Waals surface area contributed by atoms with Crippen molar-refractivity contribution in [1.29, 1.82) is 0 Å². The molecular formula is C45H59NO9S. The Morgan fingerprint density at radius 3 is 2.48 bits per heavy atom. The summed E-state index contributed by atoms with van der Waals surface area (Å²) in [5.74, 6) is 1.51. The second-order valence-corrected chi connectivity index (χ2v) is 17.3. The van der Waals surface area contributed by atoms with Gasteiger partial charge in [0, 0.05) is 42.8 Å². The number of nitrogens with zero attached hydrogens (tertiary/aromatic N) is 1. The Kier molecular flexibility index (Phi) is 14.1. The lowest BCUT2D eigenvalue weighted by atomic mass is 9.56. The van der Waals surface area contributed by atoms with E-state index in [1.807, 2.05) is 30.0 Å². The van der Waals surface area contributed by atoms with Crippen LogP contribution in [0, 0.1) is 17.8 Å². The van der Waals surface area contributed by atoms with Crippen molar-refractivity contribution < 1.29 is 43.5 Å². The highest BCUT2D eigenvalue weighted by molar-refractivity contribution is 8.00. The maximum atomic E-state index is 11.9. The molecule has 0 spiro atoms. The average molecular weight is 790 g/mol. The standard InChI is InChI=1S/C45H59NO9S/c1-3-23-52-45-41(56-34-13-4-5-14-34)28-38(46-55-42-16-8-11-24-51-42)36-26-30(12-6-9-21-47)35(15-7-10-22-48)43(44(36)45)37-27-33(18-20-40(37)54-45)53-32-17-19-39(50-2)31(25-32)29-49/h3,17-20,25-27,29-30,34-35,41-44,47-48H,1,4-16,21-24,28H2,2H3/t30-,35+,41-,42?,43+,44+,45+/m0/s1. The number of carbonyl (C=O) groups is 1. The van der Waals surface area contributed by atoms with Gasteiger partial charge in [-0.15, -0.1) is 18.3 Å². The van der Waals surface area contributed by atoms with E-state index in [0.717, 1.165) is 86.7 Å². The summed E-state index contributed by atoms with van der Waals surface area (Å²) in [6.45, 7) is 5.36. The number of fused-ring (bicyclic) bond motifs is 2. The predicted octanol–water partition coefficient (Wildman–Crippen LogP) is 9.14. The fourth-order valence-corrected chi connectivity index (χ4v) is 11.5. The Labute approximate surface area is 336 Å². The first-order valence-corrected chi connectivity index (χ1v) is 21.8. The average Bonchev–Trinajstić information content (AvgIpc) is 3.75. The number of hydrogen-bond donors (Lipinski definition) is 2. The second-order valence-electron chi connectivity index (χ2n) is 15.8. The monoisotopic (exact) mass is 789 g/mol. The lowest BCUT2D eigenvalue weighted by Crippen LogP contribution is -2.64. The van der Waals surface area contributed by atoms with E-state index in [0.29, 0.717) is 47.7 Å². The van der Waals surface area contributed by atoms with Gasteiger partial charge in [0.25, 0.3) is 0 Å². The topological polar surface area (TPSA) is 125 Å². The minimum absolute atomic E-state index is 0.0468. The molecule has 5 aliphatic rings. The van der Waals surface area contributed by atoms with Gasteiger partial charge >= 0.3 is 0 Å². The molecule has 3 fully saturated rings. The van der Waals surface area contributed by atoms with Crippen LogP contribution in [0.1, 0.15) is 112 Å². The zero-order chi connectivity index (χ0) is 38.9. The Bertz CT molecular complexity index is 1700. The van der Waals surface area contributed by atoms with Gasteiger partial charge in [0.1, 0.15) is 23.0 Å². The molecule has 56 heavy (non-hydrogen) atoms. The van der Waals surface area contributed by atoms with Crippen molar-refractivity contribution >= 4 is 23.8 Å². The van der Waals surface area contributed by atoms with Gasteiger partial charge in [-0.25, -0.2) is 0 Å². The molecule has 3 aliphatic carbocycles. The number of unbranched alkanes of at least 4 members (excludes halogenated alkanes) is 2. The van der Waals surface area contributed by atoms with Gasteiger partial charge in [-0.05, 0) is 105 Å². The number of rotatable bonds is 19. The first kappa shape index (κ1) is 40.8. The summed E-state index contributed by atoms with van der Waals surface area (Å²) >= 11 is 1.99.